The lowest BCUT2D eigenvalue weighted by molar-refractivity contribution is -0.137. The molecule has 2 aromatic carbocycles. The molecule has 35 heavy (non-hydrogen) atoms. The molecule has 0 N–H and O–H groups in total. The first-order chi connectivity index (χ1) is 16.7. The van der Waals surface area contributed by atoms with Crippen LogP contribution in [0.1, 0.15) is 55.0 Å². The summed E-state index contributed by atoms with van der Waals surface area (Å²) in [7, 11) is 0. The van der Waals surface area contributed by atoms with Gasteiger partial charge in [0.2, 0.25) is 0 Å². The first kappa shape index (κ1) is 24.3. The summed E-state index contributed by atoms with van der Waals surface area (Å²) < 4.78 is 42.5. The minimum absolute atomic E-state index is 0.0648. The second-order valence-corrected chi connectivity index (χ2v) is 8.55. The highest BCUT2D eigenvalue weighted by Crippen LogP contribution is 2.40. The Bertz CT molecular complexity index is 1470. The number of benzene rings is 2. The van der Waals surface area contributed by atoms with E-state index in [-0.39, 0.29) is 12.2 Å². The number of nitrogens with zero attached hydrogens (tertiary/aromatic N) is 3. The van der Waals surface area contributed by atoms with Crippen molar-refractivity contribution < 1.29 is 13.2 Å². The molecule has 0 unspecified atom stereocenters. The van der Waals surface area contributed by atoms with Crippen LogP contribution < -0.4 is 11.2 Å². The Hall–Kier alpha value is -3.86. The molecule has 180 valence electrons. The van der Waals surface area contributed by atoms with E-state index in [1.54, 1.807) is 19.1 Å². The molecule has 0 radical (unpaired) electrons. The largest absolute Gasteiger partial charge is 0.416 e. The SMILES string of the molecule is [C-]#[N+]c1ccc(C2=C(c3c(C)n(-c4cccc(C(F)(F)F)c4)c(=O)n(CCC)c3=O)CCC2)cc1. The van der Waals surface area contributed by atoms with Crippen LogP contribution in [0, 0.1) is 13.5 Å². The van der Waals surface area contributed by atoms with Crippen molar-refractivity contribution in [2.75, 3.05) is 0 Å². The zero-order valence-electron chi connectivity index (χ0n) is 19.4. The van der Waals surface area contributed by atoms with Crippen molar-refractivity contribution in [3.05, 3.63) is 103 Å². The van der Waals surface area contributed by atoms with Gasteiger partial charge in [-0.1, -0.05) is 37.3 Å². The highest BCUT2D eigenvalue weighted by molar-refractivity contribution is 5.93. The number of aromatic nitrogens is 2. The van der Waals surface area contributed by atoms with Crippen LogP contribution in [0.3, 0.4) is 0 Å². The Labute approximate surface area is 200 Å². The molecule has 0 spiro atoms. The molecular weight excluding hydrogens is 455 g/mol. The third-order valence-corrected chi connectivity index (χ3v) is 6.32. The van der Waals surface area contributed by atoms with Crippen LogP contribution in [0.2, 0.25) is 0 Å². The zero-order chi connectivity index (χ0) is 25.3. The molecule has 1 heterocycles. The molecule has 4 rings (SSSR count). The third kappa shape index (κ3) is 4.46. The zero-order valence-corrected chi connectivity index (χ0v) is 19.4. The Morgan fingerprint density at radius 3 is 2.34 bits per heavy atom. The van der Waals surface area contributed by atoms with Crippen LogP contribution in [0.15, 0.2) is 58.1 Å². The standard InChI is InChI=1S/C27H24F3N3O2/c1-4-15-32-25(34)24(23-10-6-9-22(23)18-11-13-20(31-3)14-12-18)17(2)33(26(32)35)21-8-5-7-19(16-21)27(28,29)30/h5,7-8,11-14,16H,4,6,9-10,15H2,1-2H3. The van der Waals surface area contributed by atoms with Crippen molar-refractivity contribution in [2.24, 2.45) is 0 Å². The van der Waals surface area contributed by atoms with Crippen LogP contribution in [0.5, 0.6) is 0 Å². The second-order valence-electron chi connectivity index (χ2n) is 8.55. The van der Waals surface area contributed by atoms with E-state index in [1.807, 2.05) is 19.1 Å². The van der Waals surface area contributed by atoms with Gasteiger partial charge in [-0.25, -0.2) is 9.64 Å². The molecule has 0 aliphatic heterocycles. The Morgan fingerprint density at radius 1 is 1.03 bits per heavy atom. The van der Waals surface area contributed by atoms with Crippen molar-refractivity contribution in [2.45, 2.75) is 52.3 Å². The summed E-state index contributed by atoms with van der Waals surface area (Å²) in [4.78, 5) is 30.3. The summed E-state index contributed by atoms with van der Waals surface area (Å²) in [6.45, 7) is 10.8. The molecule has 0 amide bonds. The number of alkyl halides is 3. The molecule has 1 aliphatic rings. The molecule has 0 fully saturated rings. The average Bonchev–Trinajstić information content (AvgIpc) is 3.31. The van der Waals surface area contributed by atoms with Crippen LogP contribution in [-0.4, -0.2) is 9.13 Å². The summed E-state index contributed by atoms with van der Waals surface area (Å²) >= 11 is 0. The average molecular weight is 480 g/mol. The smallest absolute Gasteiger partial charge is 0.268 e. The fourth-order valence-electron chi connectivity index (χ4n) is 4.72. The topological polar surface area (TPSA) is 48.4 Å². The lowest BCUT2D eigenvalue weighted by Gasteiger charge is -2.19. The fraction of sp³-hybridized carbons (Fsp3) is 0.296. The summed E-state index contributed by atoms with van der Waals surface area (Å²) in [6.07, 6.45) is -1.90. The van der Waals surface area contributed by atoms with Crippen LogP contribution in [-0.2, 0) is 12.7 Å². The maximum atomic E-state index is 13.6. The quantitative estimate of drug-likeness (QED) is 0.399. The van der Waals surface area contributed by atoms with Crippen molar-refractivity contribution in [3.63, 3.8) is 0 Å². The first-order valence-corrected chi connectivity index (χ1v) is 11.4. The number of hydrogen-bond donors (Lipinski definition) is 0. The van der Waals surface area contributed by atoms with Gasteiger partial charge in [0.15, 0.2) is 5.69 Å². The van der Waals surface area contributed by atoms with Gasteiger partial charge < -0.3 is 0 Å². The predicted molar refractivity (Wildman–Crippen MR) is 130 cm³/mol. The Morgan fingerprint density at radius 2 is 1.71 bits per heavy atom. The highest BCUT2D eigenvalue weighted by atomic mass is 19.4. The van der Waals surface area contributed by atoms with E-state index in [0.717, 1.165) is 46.3 Å². The molecule has 8 heteroatoms. The van der Waals surface area contributed by atoms with Gasteiger partial charge in [-0.2, -0.15) is 13.2 Å². The van der Waals surface area contributed by atoms with Gasteiger partial charge in [0.05, 0.1) is 23.4 Å². The minimum atomic E-state index is -4.56. The maximum Gasteiger partial charge on any atom is 0.416 e. The van der Waals surface area contributed by atoms with E-state index in [9.17, 15) is 22.8 Å². The van der Waals surface area contributed by atoms with Crippen molar-refractivity contribution >= 4 is 16.8 Å². The Balaban J connectivity index is 2.02. The van der Waals surface area contributed by atoms with E-state index in [1.165, 1.54) is 16.7 Å². The summed E-state index contributed by atoms with van der Waals surface area (Å²) in [6, 6.07) is 11.7. The van der Waals surface area contributed by atoms with Gasteiger partial charge in [-0.15, -0.1) is 0 Å². The predicted octanol–water partition coefficient (Wildman–Crippen LogP) is 6.38. The van der Waals surface area contributed by atoms with E-state index in [2.05, 4.69) is 4.85 Å². The summed E-state index contributed by atoms with van der Waals surface area (Å²) in [5.74, 6) is 0. The normalized spacial score (nSPS) is 13.8. The number of hydrogen-bond acceptors (Lipinski definition) is 2. The first-order valence-electron chi connectivity index (χ1n) is 11.4. The van der Waals surface area contributed by atoms with Crippen molar-refractivity contribution in [1.29, 1.82) is 0 Å². The van der Waals surface area contributed by atoms with Crippen molar-refractivity contribution in [1.82, 2.24) is 9.13 Å². The van der Waals surface area contributed by atoms with Gasteiger partial charge in [-0.05, 0) is 67.5 Å². The lowest BCUT2D eigenvalue weighted by Crippen LogP contribution is -2.42. The molecule has 1 aromatic heterocycles. The fourth-order valence-corrected chi connectivity index (χ4v) is 4.72. The molecule has 0 bridgehead atoms. The summed E-state index contributed by atoms with van der Waals surface area (Å²) in [5, 5.41) is 0. The van der Waals surface area contributed by atoms with Crippen LogP contribution in [0.25, 0.3) is 21.7 Å². The van der Waals surface area contributed by atoms with E-state index >= 15 is 0 Å². The molecule has 5 nitrogen and oxygen atoms in total. The molecule has 1 aliphatic carbocycles. The molecule has 0 saturated heterocycles. The van der Waals surface area contributed by atoms with Gasteiger partial charge in [-0.3, -0.25) is 13.9 Å². The van der Waals surface area contributed by atoms with E-state index in [4.69, 9.17) is 6.57 Å². The number of halogens is 3. The van der Waals surface area contributed by atoms with Gasteiger partial charge in [0, 0.05) is 12.2 Å². The molecule has 0 saturated carbocycles. The Kier molecular flexibility index (Phi) is 6.53. The number of rotatable bonds is 5. The van der Waals surface area contributed by atoms with Gasteiger partial charge in [0.1, 0.15) is 0 Å². The third-order valence-electron chi connectivity index (χ3n) is 6.32. The van der Waals surface area contributed by atoms with Crippen LogP contribution in [0.4, 0.5) is 18.9 Å². The van der Waals surface area contributed by atoms with Crippen LogP contribution >= 0.6 is 0 Å². The molecule has 3 aromatic rings. The lowest BCUT2D eigenvalue weighted by atomic mass is 9.96. The maximum absolute atomic E-state index is 13.6. The number of allylic oxidation sites excluding steroid dienone is 2. The van der Waals surface area contributed by atoms with E-state index in [0.29, 0.717) is 29.8 Å². The second kappa shape index (κ2) is 9.41. The van der Waals surface area contributed by atoms with Crippen molar-refractivity contribution in [3.8, 4) is 5.69 Å². The molecular formula is C27H24F3N3O2. The van der Waals surface area contributed by atoms with Gasteiger partial charge in [0.25, 0.3) is 5.56 Å². The minimum Gasteiger partial charge on any atom is -0.268 e. The monoisotopic (exact) mass is 479 g/mol. The summed E-state index contributed by atoms with van der Waals surface area (Å²) in [5.41, 5.74) is 1.95. The van der Waals surface area contributed by atoms with E-state index < -0.39 is 23.0 Å². The van der Waals surface area contributed by atoms with Gasteiger partial charge >= 0.3 is 11.9 Å². The highest BCUT2D eigenvalue weighted by Gasteiger charge is 2.31. The molecule has 0 atom stereocenters.